The van der Waals surface area contributed by atoms with Gasteiger partial charge in [0.2, 0.25) is 0 Å². The SMILES string of the molecule is CC(CN(C)CCCCCN)[C@@H](O)[C@H](O)[C@H](O)CO. The maximum atomic E-state index is 9.88. The summed E-state index contributed by atoms with van der Waals surface area (Å²) in [5.74, 6) is -0.185. The second kappa shape index (κ2) is 10.5. The summed E-state index contributed by atoms with van der Waals surface area (Å²) in [6.07, 6.45) is -0.498. The Morgan fingerprint density at radius 3 is 2.21 bits per heavy atom. The fourth-order valence-corrected chi connectivity index (χ4v) is 2.07. The van der Waals surface area contributed by atoms with Gasteiger partial charge in [0.15, 0.2) is 0 Å². The first kappa shape index (κ1) is 18.8. The van der Waals surface area contributed by atoms with Gasteiger partial charge in [-0.2, -0.15) is 0 Å². The molecule has 0 radical (unpaired) electrons. The summed E-state index contributed by atoms with van der Waals surface area (Å²) in [6.45, 7) is 3.51. The Morgan fingerprint density at radius 1 is 1.05 bits per heavy atom. The van der Waals surface area contributed by atoms with E-state index in [4.69, 9.17) is 10.8 Å². The minimum Gasteiger partial charge on any atom is -0.394 e. The topological polar surface area (TPSA) is 110 Å². The Morgan fingerprint density at radius 2 is 1.68 bits per heavy atom. The Hall–Kier alpha value is -0.240. The maximum absolute atomic E-state index is 9.88. The summed E-state index contributed by atoms with van der Waals surface area (Å²) in [7, 11) is 1.96. The summed E-state index contributed by atoms with van der Waals surface area (Å²) >= 11 is 0. The Bertz CT molecular complexity index is 219. The molecule has 0 aliphatic carbocycles. The van der Waals surface area contributed by atoms with Crippen molar-refractivity contribution in [2.45, 2.75) is 44.5 Å². The van der Waals surface area contributed by atoms with Crippen LogP contribution in [-0.4, -0.2) is 76.9 Å². The van der Waals surface area contributed by atoms with Gasteiger partial charge in [0, 0.05) is 6.54 Å². The molecule has 0 aromatic carbocycles. The zero-order valence-electron chi connectivity index (χ0n) is 12.1. The van der Waals surface area contributed by atoms with Crippen molar-refractivity contribution >= 4 is 0 Å². The molecule has 0 amide bonds. The summed E-state index contributed by atoms with van der Waals surface area (Å²) in [5, 5.41) is 37.5. The molecule has 0 aromatic rings. The number of hydrogen-bond acceptors (Lipinski definition) is 6. The zero-order chi connectivity index (χ0) is 14.8. The van der Waals surface area contributed by atoms with E-state index in [0.29, 0.717) is 13.1 Å². The standard InChI is InChI=1S/C13H30N2O4/c1-10(12(18)13(19)11(17)9-16)8-15(2)7-5-3-4-6-14/h10-13,16-19H,3-9,14H2,1-2H3/t10?,11-,12-,13-/m1/s1. The monoisotopic (exact) mass is 278 g/mol. The number of aliphatic hydroxyl groups excluding tert-OH is 4. The van der Waals surface area contributed by atoms with Gasteiger partial charge in [-0.1, -0.05) is 13.3 Å². The van der Waals surface area contributed by atoms with Gasteiger partial charge in [0.05, 0.1) is 12.7 Å². The molecular weight excluding hydrogens is 248 g/mol. The van der Waals surface area contributed by atoms with E-state index in [0.717, 1.165) is 25.8 Å². The minimum atomic E-state index is -1.31. The van der Waals surface area contributed by atoms with E-state index in [2.05, 4.69) is 4.90 Å². The Balaban J connectivity index is 3.96. The molecule has 0 bridgehead atoms. The largest absolute Gasteiger partial charge is 0.394 e. The van der Waals surface area contributed by atoms with Crippen molar-refractivity contribution in [2.24, 2.45) is 11.7 Å². The minimum absolute atomic E-state index is 0.185. The molecule has 0 aromatic heterocycles. The van der Waals surface area contributed by atoms with Crippen molar-refractivity contribution in [3.05, 3.63) is 0 Å². The van der Waals surface area contributed by atoms with Crippen molar-refractivity contribution in [2.75, 3.05) is 33.3 Å². The Labute approximate surface area is 115 Å². The van der Waals surface area contributed by atoms with E-state index >= 15 is 0 Å². The van der Waals surface area contributed by atoms with Crippen LogP contribution in [-0.2, 0) is 0 Å². The van der Waals surface area contributed by atoms with Crippen molar-refractivity contribution in [1.29, 1.82) is 0 Å². The average molecular weight is 278 g/mol. The van der Waals surface area contributed by atoms with E-state index < -0.39 is 24.9 Å². The third-order valence-electron chi connectivity index (χ3n) is 3.36. The van der Waals surface area contributed by atoms with E-state index in [9.17, 15) is 15.3 Å². The van der Waals surface area contributed by atoms with Gasteiger partial charge in [-0.25, -0.2) is 0 Å². The summed E-state index contributed by atoms with van der Waals surface area (Å²) < 4.78 is 0. The van der Waals surface area contributed by atoms with Crippen molar-refractivity contribution in [1.82, 2.24) is 4.90 Å². The molecule has 0 aliphatic heterocycles. The molecule has 0 fully saturated rings. The van der Waals surface area contributed by atoms with Crippen LogP contribution in [0.4, 0.5) is 0 Å². The zero-order valence-corrected chi connectivity index (χ0v) is 12.1. The number of hydrogen-bond donors (Lipinski definition) is 5. The molecule has 6 nitrogen and oxygen atoms in total. The Kier molecular flexibility index (Phi) is 10.4. The lowest BCUT2D eigenvalue weighted by molar-refractivity contribution is -0.0948. The smallest absolute Gasteiger partial charge is 0.108 e. The van der Waals surface area contributed by atoms with Crippen LogP contribution in [0.25, 0.3) is 0 Å². The van der Waals surface area contributed by atoms with Crippen LogP contribution in [0.1, 0.15) is 26.2 Å². The fourth-order valence-electron chi connectivity index (χ4n) is 2.07. The molecule has 0 aliphatic rings. The molecule has 4 atom stereocenters. The predicted molar refractivity (Wildman–Crippen MR) is 74.7 cm³/mol. The predicted octanol–water partition coefficient (Wildman–Crippen LogP) is -1.24. The van der Waals surface area contributed by atoms with Crippen LogP contribution in [0.3, 0.4) is 0 Å². The lowest BCUT2D eigenvalue weighted by atomic mass is 9.96. The molecule has 6 N–H and O–H groups in total. The second-order valence-electron chi connectivity index (χ2n) is 5.32. The number of rotatable bonds is 11. The molecule has 6 heteroatoms. The normalized spacial score (nSPS) is 18.3. The lowest BCUT2D eigenvalue weighted by Crippen LogP contribution is -2.45. The third-order valence-corrected chi connectivity index (χ3v) is 3.36. The second-order valence-corrected chi connectivity index (χ2v) is 5.32. The number of aliphatic hydroxyl groups is 4. The van der Waals surface area contributed by atoms with Crippen molar-refractivity contribution < 1.29 is 20.4 Å². The molecule has 19 heavy (non-hydrogen) atoms. The van der Waals surface area contributed by atoms with E-state index in [1.54, 1.807) is 0 Å². The summed E-state index contributed by atoms with van der Waals surface area (Å²) in [6, 6.07) is 0. The summed E-state index contributed by atoms with van der Waals surface area (Å²) in [4.78, 5) is 2.09. The van der Waals surface area contributed by atoms with Crippen LogP contribution < -0.4 is 5.73 Å². The van der Waals surface area contributed by atoms with Gasteiger partial charge in [-0.3, -0.25) is 0 Å². The third kappa shape index (κ3) is 7.81. The van der Waals surface area contributed by atoms with Gasteiger partial charge in [-0.05, 0) is 38.9 Å². The number of nitrogens with zero attached hydrogens (tertiary/aromatic N) is 1. The quantitative estimate of drug-likeness (QED) is 0.302. The highest BCUT2D eigenvalue weighted by atomic mass is 16.4. The van der Waals surface area contributed by atoms with Crippen molar-refractivity contribution in [3.63, 3.8) is 0 Å². The summed E-state index contributed by atoms with van der Waals surface area (Å²) in [5.41, 5.74) is 5.42. The molecular formula is C13H30N2O4. The average Bonchev–Trinajstić information content (AvgIpc) is 2.40. The molecule has 0 saturated heterocycles. The highest BCUT2D eigenvalue weighted by molar-refractivity contribution is 4.80. The highest BCUT2D eigenvalue weighted by Gasteiger charge is 2.28. The van der Waals surface area contributed by atoms with Crippen LogP contribution in [0.15, 0.2) is 0 Å². The fraction of sp³-hybridized carbons (Fsp3) is 1.00. The number of unbranched alkanes of at least 4 members (excludes halogenated alkanes) is 2. The van der Waals surface area contributed by atoms with Gasteiger partial charge >= 0.3 is 0 Å². The van der Waals surface area contributed by atoms with Gasteiger partial charge in [-0.15, -0.1) is 0 Å². The van der Waals surface area contributed by atoms with Crippen LogP contribution in [0.5, 0.6) is 0 Å². The van der Waals surface area contributed by atoms with Crippen molar-refractivity contribution in [3.8, 4) is 0 Å². The van der Waals surface area contributed by atoms with E-state index in [1.807, 2.05) is 14.0 Å². The van der Waals surface area contributed by atoms with E-state index in [1.165, 1.54) is 0 Å². The first-order valence-electron chi connectivity index (χ1n) is 6.97. The molecule has 0 spiro atoms. The molecule has 116 valence electrons. The first-order valence-corrected chi connectivity index (χ1v) is 6.97. The highest BCUT2D eigenvalue weighted by Crippen LogP contribution is 2.12. The molecule has 0 heterocycles. The molecule has 0 saturated carbocycles. The lowest BCUT2D eigenvalue weighted by Gasteiger charge is -2.29. The first-order chi connectivity index (χ1) is 8.93. The van der Waals surface area contributed by atoms with E-state index in [-0.39, 0.29) is 5.92 Å². The van der Waals surface area contributed by atoms with Gasteiger partial charge in [0.1, 0.15) is 12.2 Å². The van der Waals surface area contributed by atoms with Crippen LogP contribution >= 0.6 is 0 Å². The number of nitrogens with two attached hydrogens (primary N) is 1. The molecule has 0 rings (SSSR count). The molecule has 1 unspecified atom stereocenters. The van der Waals surface area contributed by atoms with Gasteiger partial charge < -0.3 is 31.1 Å². The van der Waals surface area contributed by atoms with Crippen LogP contribution in [0, 0.1) is 5.92 Å². The van der Waals surface area contributed by atoms with Gasteiger partial charge in [0.25, 0.3) is 0 Å². The van der Waals surface area contributed by atoms with Crippen LogP contribution in [0.2, 0.25) is 0 Å². The maximum Gasteiger partial charge on any atom is 0.108 e.